The number of rotatable bonds is 3. The summed E-state index contributed by atoms with van der Waals surface area (Å²) in [5.74, 6) is -0.885. The van der Waals surface area contributed by atoms with Gasteiger partial charge in [-0.1, -0.05) is 11.6 Å². The van der Waals surface area contributed by atoms with Gasteiger partial charge in [0, 0.05) is 11.4 Å². The number of carbonyl (C=O) groups is 1. The Labute approximate surface area is 146 Å². The van der Waals surface area contributed by atoms with Crippen LogP contribution in [0.2, 0.25) is 5.02 Å². The van der Waals surface area contributed by atoms with Crippen LogP contribution in [-0.4, -0.2) is 10.5 Å². The van der Waals surface area contributed by atoms with E-state index in [0.29, 0.717) is 17.0 Å². The minimum absolute atomic E-state index is 0.140. The fourth-order valence-corrected chi connectivity index (χ4v) is 2.68. The fourth-order valence-electron chi connectivity index (χ4n) is 2.48. The smallest absolute Gasteiger partial charge is 0.365 e. The number of halogens is 4. The molecular weight excluding hydrogens is 355 g/mol. The van der Waals surface area contributed by atoms with E-state index in [0.717, 1.165) is 12.1 Å². The van der Waals surface area contributed by atoms with Gasteiger partial charge in [-0.15, -0.1) is 0 Å². The van der Waals surface area contributed by atoms with Crippen LogP contribution < -0.4 is 5.73 Å². The van der Waals surface area contributed by atoms with Gasteiger partial charge in [0.1, 0.15) is 11.6 Å². The second kappa shape index (κ2) is 6.65. The molecule has 8 heteroatoms. The van der Waals surface area contributed by atoms with Gasteiger partial charge < -0.3 is 10.3 Å². The Bertz CT molecular complexity index is 920. The second-order valence-corrected chi connectivity index (χ2v) is 5.77. The third-order valence-corrected chi connectivity index (χ3v) is 3.99. The van der Waals surface area contributed by atoms with Crippen LogP contribution in [0.15, 0.2) is 29.8 Å². The molecule has 0 unspecified atom stereocenters. The molecule has 1 amide bonds. The van der Waals surface area contributed by atoms with Gasteiger partial charge in [0.2, 0.25) is 0 Å². The highest BCUT2D eigenvalue weighted by Crippen LogP contribution is 2.34. The van der Waals surface area contributed by atoms with Crippen molar-refractivity contribution >= 4 is 23.6 Å². The molecule has 130 valence electrons. The van der Waals surface area contributed by atoms with E-state index in [-0.39, 0.29) is 16.3 Å². The van der Waals surface area contributed by atoms with Crippen molar-refractivity contribution in [2.45, 2.75) is 20.0 Å². The van der Waals surface area contributed by atoms with E-state index in [1.165, 1.54) is 16.7 Å². The molecule has 0 aliphatic carbocycles. The number of amides is 1. The molecule has 1 aromatic heterocycles. The topological polar surface area (TPSA) is 71.8 Å². The van der Waals surface area contributed by atoms with Gasteiger partial charge in [-0.05, 0) is 49.8 Å². The Balaban J connectivity index is 2.67. The molecule has 0 saturated carbocycles. The monoisotopic (exact) mass is 367 g/mol. The Morgan fingerprint density at radius 2 is 1.96 bits per heavy atom. The van der Waals surface area contributed by atoms with Crippen molar-refractivity contribution in [1.29, 1.82) is 5.26 Å². The molecular formula is C17H13ClF3N3O. The van der Waals surface area contributed by atoms with Crippen molar-refractivity contribution in [3.05, 3.63) is 57.4 Å². The van der Waals surface area contributed by atoms with Crippen LogP contribution in [0.3, 0.4) is 0 Å². The molecule has 1 heterocycles. The number of nitriles is 1. The molecule has 1 aromatic carbocycles. The summed E-state index contributed by atoms with van der Waals surface area (Å²) < 4.78 is 40.5. The summed E-state index contributed by atoms with van der Waals surface area (Å²) in [4.78, 5) is 11.2. The molecule has 25 heavy (non-hydrogen) atoms. The predicted octanol–water partition coefficient (Wildman–Crippen LogP) is 4.16. The van der Waals surface area contributed by atoms with Crippen LogP contribution in [0.5, 0.6) is 0 Å². The first-order valence-electron chi connectivity index (χ1n) is 7.04. The summed E-state index contributed by atoms with van der Waals surface area (Å²) in [7, 11) is 0. The molecule has 2 N–H and O–H groups in total. The van der Waals surface area contributed by atoms with Crippen LogP contribution in [0.4, 0.5) is 13.2 Å². The Morgan fingerprint density at radius 3 is 2.48 bits per heavy atom. The van der Waals surface area contributed by atoms with Gasteiger partial charge in [0.05, 0.1) is 16.3 Å². The highest BCUT2D eigenvalue weighted by molar-refractivity contribution is 6.32. The number of hydrogen-bond donors (Lipinski definition) is 1. The van der Waals surface area contributed by atoms with E-state index in [1.807, 2.05) is 0 Å². The average molecular weight is 368 g/mol. The average Bonchev–Trinajstić information content (AvgIpc) is 2.78. The van der Waals surface area contributed by atoms with Crippen molar-refractivity contribution in [3.63, 3.8) is 0 Å². The van der Waals surface area contributed by atoms with Crippen molar-refractivity contribution < 1.29 is 18.0 Å². The third kappa shape index (κ3) is 3.69. The molecule has 4 nitrogen and oxygen atoms in total. The van der Waals surface area contributed by atoms with Crippen molar-refractivity contribution in [1.82, 2.24) is 4.57 Å². The standard InChI is InChI=1S/C17H13ClF3N3O/c1-9-5-11(6-12(8-22)16(23)25)10(2)24(9)15-7-13(17(19,20)21)3-4-14(15)18/h3-7H,1-2H3,(H2,23,25)/b12-6+. The fraction of sp³-hybridized carbons (Fsp3) is 0.176. The van der Waals surface area contributed by atoms with E-state index in [2.05, 4.69) is 0 Å². The minimum atomic E-state index is -4.50. The SMILES string of the molecule is Cc1cc(/C=C(\C#N)C(N)=O)c(C)n1-c1cc(C(F)(F)F)ccc1Cl. The summed E-state index contributed by atoms with van der Waals surface area (Å²) in [6.45, 7) is 3.32. The number of primary amides is 1. The zero-order valence-electron chi connectivity index (χ0n) is 13.3. The van der Waals surface area contributed by atoms with Gasteiger partial charge in [0.25, 0.3) is 5.91 Å². The lowest BCUT2D eigenvalue weighted by molar-refractivity contribution is -0.137. The summed E-state index contributed by atoms with van der Waals surface area (Å²) in [6, 6.07) is 6.36. The summed E-state index contributed by atoms with van der Waals surface area (Å²) >= 11 is 6.09. The van der Waals surface area contributed by atoms with Gasteiger partial charge in [-0.25, -0.2) is 0 Å². The lowest BCUT2D eigenvalue weighted by Crippen LogP contribution is -2.12. The van der Waals surface area contributed by atoms with Crippen molar-refractivity contribution in [2.75, 3.05) is 0 Å². The highest BCUT2D eigenvalue weighted by Gasteiger charge is 2.31. The van der Waals surface area contributed by atoms with E-state index in [9.17, 15) is 18.0 Å². The number of nitrogens with zero attached hydrogens (tertiary/aromatic N) is 2. The molecule has 0 fully saturated rings. The van der Waals surface area contributed by atoms with E-state index in [4.69, 9.17) is 22.6 Å². The second-order valence-electron chi connectivity index (χ2n) is 5.36. The molecule has 0 aliphatic heterocycles. The summed E-state index contributed by atoms with van der Waals surface area (Å²) in [6.07, 6.45) is -3.21. The van der Waals surface area contributed by atoms with Crippen LogP contribution in [0, 0.1) is 25.2 Å². The molecule has 0 radical (unpaired) electrons. The number of nitrogens with two attached hydrogens (primary N) is 1. The molecule has 0 atom stereocenters. The lowest BCUT2D eigenvalue weighted by Gasteiger charge is -2.15. The number of hydrogen-bond acceptors (Lipinski definition) is 2. The van der Waals surface area contributed by atoms with Crippen molar-refractivity contribution in [3.8, 4) is 11.8 Å². The first-order valence-corrected chi connectivity index (χ1v) is 7.41. The molecule has 0 saturated heterocycles. The number of alkyl halides is 3. The number of benzene rings is 1. The van der Waals surface area contributed by atoms with E-state index >= 15 is 0 Å². The lowest BCUT2D eigenvalue weighted by atomic mass is 10.1. The maximum absolute atomic E-state index is 13.0. The summed E-state index contributed by atoms with van der Waals surface area (Å²) in [5, 5.41) is 9.08. The maximum atomic E-state index is 13.0. The van der Waals surface area contributed by atoms with Crippen molar-refractivity contribution in [2.24, 2.45) is 5.73 Å². The third-order valence-electron chi connectivity index (χ3n) is 3.67. The molecule has 0 aliphatic rings. The summed E-state index contributed by atoms with van der Waals surface area (Å²) in [5.41, 5.74) is 5.78. The van der Waals surface area contributed by atoms with Crippen LogP contribution >= 0.6 is 11.6 Å². The van der Waals surface area contributed by atoms with Gasteiger partial charge in [-0.3, -0.25) is 4.79 Å². The van der Waals surface area contributed by atoms with Gasteiger partial charge >= 0.3 is 6.18 Å². The number of carbonyl (C=O) groups excluding carboxylic acids is 1. The zero-order chi connectivity index (χ0) is 18.9. The highest BCUT2D eigenvalue weighted by atomic mass is 35.5. The van der Waals surface area contributed by atoms with Gasteiger partial charge in [0.15, 0.2) is 0 Å². The predicted molar refractivity (Wildman–Crippen MR) is 88.0 cm³/mol. The largest absolute Gasteiger partial charge is 0.416 e. The molecule has 2 rings (SSSR count). The Kier molecular flexibility index (Phi) is 4.95. The van der Waals surface area contributed by atoms with Crippen LogP contribution in [-0.2, 0) is 11.0 Å². The van der Waals surface area contributed by atoms with Crippen LogP contribution in [0.1, 0.15) is 22.5 Å². The normalized spacial score (nSPS) is 12.1. The van der Waals surface area contributed by atoms with E-state index < -0.39 is 17.6 Å². The molecule has 0 spiro atoms. The zero-order valence-corrected chi connectivity index (χ0v) is 14.0. The Hall–Kier alpha value is -2.72. The maximum Gasteiger partial charge on any atom is 0.416 e. The minimum Gasteiger partial charge on any atom is -0.365 e. The van der Waals surface area contributed by atoms with Crippen LogP contribution in [0.25, 0.3) is 11.8 Å². The van der Waals surface area contributed by atoms with Gasteiger partial charge in [-0.2, -0.15) is 18.4 Å². The first kappa shape index (κ1) is 18.6. The van der Waals surface area contributed by atoms with E-state index in [1.54, 1.807) is 26.0 Å². The quantitative estimate of drug-likeness (QED) is 0.653. The number of aryl methyl sites for hydroxylation is 1. The molecule has 2 aromatic rings. The number of aromatic nitrogens is 1. The first-order chi connectivity index (χ1) is 11.6. The Morgan fingerprint density at radius 1 is 1.32 bits per heavy atom. The molecule has 0 bridgehead atoms.